The van der Waals surface area contributed by atoms with Crippen molar-refractivity contribution in [3.05, 3.63) is 0 Å². The lowest BCUT2D eigenvalue weighted by Gasteiger charge is -2.16. The molecule has 1 aliphatic heterocycles. The monoisotopic (exact) mass is 176 g/mol. The van der Waals surface area contributed by atoms with Crippen molar-refractivity contribution in [1.82, 2.24) is 5.32 Å². The van der Waals surface area contributed by atoms with Crippen LogP contribution >= 0.6 is 0 Å². The fraction of sp³-hybridized carbons (Fsp3) is 0.500. The van der Waals surface area contributed by atoms with E-state index in [-0.39, 0.29) is 5.91 Å². The first kappa shape index (κ1) is 9.21. The van der Waals surface area contributed by atoms with E-state index in [2.05, 4.69) is 10.3 Å². The summed E-state index contributed by atoms with van der Waals surface area (Å²) in [6.07, 6.45) is 0.830. The molecular weight excluding hydrogens is 168 g/mol. The Kier molecular flexibility index (Phi) is 2.29. The Morgan fingerprint density at radius 1 is 1.69 bits per heavy atom. The average molecular weight is 176 g/mol. The van der Waals surface area contributed by atoms with Crippen LogP contribution in [0.3, 0.4) is 0 Å². The Hall–Kier alpha value is -1.88. The zero-order valence-electron chi connectivity index (χ0n) is 7.16. The van der Waals surface area contributed by atoms with E-state index in [1.807, 2.05) is 12.1 Å². The second-order valence-corrected chi connectivity index (χ2v) is 2.82. The van der Waals surface area contributed by atoms with Gasteiger partial charge in [0.15, 0.2) is 0 Å². The number of amides is 1. The van der Waals surface area contributed by atoms with E-state index in [4.69, 9.17) is 10.5 Å². The number of nitrogens with zero attached hydrogens (tertiary/aromatic N) is 3. The summed E-state index contributed by atoms with van der Waals surface area (Å²) < 4.78 is 0. The van der Waals surface area contributed by atoms with Gasteiger partial charge in [0.25, 0.3) is 0 Å². The Morgan fingerprint density at radius 3 is 2.77 bits per heavy atom. The molecule has 0 saturated heterocycles. The Morgan fingerprint density at radius 2 is 2.38 bits per heavy atom. The summed E-state index contributed by atoms with van der Waals surface area (Å²) in [5, 5.41) is 19.8. The van der Waals surface area contributed by atoms with Gasteiger partial charge in [-0.1, -0.05) is 0 Å². The number of hydrogen-bond acceptors (Lipinski definition) is 4. The Bertz CT molecular complexity index is 346. The zero-order chi connectivity index (χ0) is 9.90. The van der Waals surface area contributed by atoms with Crippen molar-refractivity contribution < 1.29 is 4.79 Å². The van der Waals surface area contributed by atoms with Crippen LogP contribution < -0.4 is 5.32 Å². The van der Waals surface area contributed by atoms with E-state index in [9.17, 15) is 4.79 Å². The number of nitriles is 2. The van der Waals surface area contributed by atoms with Gasteiger partial charge in [-0.15, -0.1) is 0 Å². The summed E-state index contributed by atoms with van der Waals surface area (Å²) in [7, 11) is 0. The molecule has 0 radical (unpaired) electrons. The molecule has 0 aromatic carbocycles. The number of carbonyl (C=O) groups excluding carboxylic acids is 1. The minimum absolute atomic E-state index is 0.315. The lowest BCUT2D eigenvalue weighted by atomic mass is 10.1. The van der Waals surface area contributed by atoms with Crippen LogP contribution in [-0.4, -0.2) is 17.3 Å². The van der Waals surface area contributed by atoms with E-state index in [0.29, 0.717) is 18.6 Å². The minimum atomic E-state index is -1.20. The van der Waals surface area contributed by atoms with Crippen LogP contribution in [0.2, 0.25) is 0 Å². The number of aliphatic imine (C=N–C) groups is 1. The zero-order valence-corrected chi connectivity index (χ0v) is 7.16. The SMILES string of the molecule is CC(=O)NC1(C#N)CCC(C#N)=N1. The molecular formula is C8H8N4O. The smallest absolute Gasteiger partial charge is 0.221 e. The van der Waals surface area contributed by atoms with E-state index >= 15 is 0 Å². The Labute approximate surface area is 75.7 Å². The van der Waals surface area contributed by atoms with Gasteiger partial charge in [-0.3, -0.25) is 4.79 Å². The van der Waals surface area contributed by atoms with E-state index in [1.54, 1.807) is 0 Å². The highest BCUT2D eigenvalue weighted by Gasteiger charge is 2.35. The quantitative estimate of drug-likeness (QED) is 0.614. The number of hydrogen-bond donors (Lipinski definition) is 1. The first-order valence-electron chi connectivity index (χ1n) is 3.81. The molecule has 0 fully saturated rings. The van der Waals surface area contributed by atoms with Crippen LogP contribution in [0.5, 0.6) is 0 Å². The molecule has 1 atom stereocenters. The predicted octanol–water partition coefficient (Wildman–Crippen LogP) is 0.101. The van der Waals surface area contributed by atoms with Gasteiger partial charge >= 0.3 is 0 Å². The summed E-state index contributed by atoms with van der Waals surface area (Å²) in [6, 6.07) is 3.78. The number of nitrogens with one attached hydrogen (secondary N) is 1. The van der Waals surface area contributed by atoms with Gasteiger partial charge in [-0.2, -0.15) is 10.5 Å². The van der Waals surface area contributed by atoms with Crippen LogP contribution in [0.25, 0.3) is 0 Å². The number of carbonyl (C=O) groups is 1. The van der Waals surface area contributed by atoms with Gasteiger partial charge in [0.1, 0.15) is 17.9 Å². The van der Waals surface area contributed by atoms with Crippen molar-refractivity contribution >= 4 is 11.6 Å². The fourth-order valence-corrected chi connectivity index (χ4v) is 1.21. The minimum Gasteiger partial charge on any atom is -0.320 e. The summed E-state index contributed by atoms with van der Waals surface area (Å²) >= 11 is 0. The van der Waals surface area contributed by atoms with Crippen molar-refractivity contribution in [3.8, 4) is 12.1 Å². The van der Waals surface area contributed by atoms with Gasteiger partial charge in [-0.25, -0.2) is 4.99 Å². The van der Waals surface area contributed by atoms with Crippen molar-refractivity contribution in [1.29, 1.82) is 10.5 Å². The summed E-state index contributed by atoms with van der Waals surface area (Å²) in [6.45, 7) is 1.32. The highest BCUT2D eigenvalue weighted by molar-refractivity contribution is 6.00. The molecule has 0 aromatic heterocycles. The molecule has 1 heterocycles. The average Bonchev–Trinajstić information content (AvgIpc) is 2.48. The van der Waals surface area contributed by atoms with Crippen LogP contribution in [0.15, 0.2) is 4.99 Å². The van der Waals surface area contributed by atoms with Gasteiger partial charge in [0, 0.05) is 19.8 Å². The fourth-order valence-electron chi connectivity index (χ4n) is 1.21. The molecule has 66 valence electrons. The topological polar surface area (TPSA) is 89.0 Å². The third-order valence-electron chi connectivity index (χ3n) is 1.75. The molecule has 5 heteroatoms. The van der Waals surface area contributed by atoms with Crippen molar-refractivity contribution in [2.24, 2.45) is 4.99 Å². The molecule has 0 spiro atoms. The molecule has 1 rings (SSSR count). The lowest BCUT2D eigenvalue weighted by molar-refractivity contribution is -0.120. The second-order valence-electron chi connectivity index (χ2n) is 2.82. The highest BCUT2D eigenvalue weighted by Crippen LogP contribution is 2.22. The third-order valence-corrected chi connectivity index (χ3v) is 1.75. The van der Waals surface area contributed by atoms with Crippen LogP contribution in [0.4, 0.5) is 0 Å². The van der Waals surface area contributed by atoms with Gasteiger partial charge in [0.05, 0.1) is 0 Å². The molecule has 1 unspecified atom stereocenters. The van der Waals surface area contributed by atoms with E-state index < -0.39 is 5.66 Å². The van der Waals surface area contributed by atoms with E-state index in [0.717, 1.165) is 0 Å². The normalized spacial score (nSPS) is 25.6. The standard InChI is InChI=1S/C8H8N4O/c1-6(13)11-8(5-10)3-2-7(4-9)12-8/h2-3H2,1H3,(H,11,13). The first-order valence-corrected chi connectivity index (χ1v) is 3.81. The highest BCUT2D eigenvalue weighted by atomic mass is 16.1. The van der Waals surface area contributed by atoms with Gasteiger partial charge < -0.3 is 5.32 Å². The van der Waals surface area contributed by atoms with Crippen molar-refractivity contribution in [2.75, 3.05) is 0 Å². The Balaban J connectivity index is 2.88. The lowest BCUT2D eigenvalue weighted by Crippen LogP contribution is -2.43. The predicted molar refractivity (Wildman–Crippen MR) is 44.4 cm³/mol. The maximum Gasteiger partial charge on any atom is 0.221 e. The number of rotatable bonds is 1. The third kappa shape index (κ3) is 1.83. The molecule has 1 aliphatic rings. The van der Waals surface area contributed by atoms with Gasteiger partial charge in [-0.05, 0) is 0 Å². The molecule has 1 amide bonds. The summed E-state index contributed by atoms with van der Waals surface area (Å²) in [5.41, 5.74) is -0.882. The molecule has 0 saturated carbocycles. The molecule has 0 aromatic rings. The van der Waals surface area contributed by atoms with Crippen LogP contribution in [0, 0.1) is 22.7 Å². The van der Waals surface area contributed by atoms with Crippen molar-refractivity contribution in [2.45, 2.75) is 25.4 Å². The van der Waals surface area contributed by atoms with E-state index in [1.165, 1.54) is 6.92 Å². The van der Waals surface area contributed by atoms with Gasteiger partial charge in [0.2, 0.25) is 11.6 Å². The summed E-state index contributed by atoms with van der Waals surface area (Å²) in [4.78, 5) is 14.6. The maximum atomic E-state index is 10.7. The van der Waals surface area contributed by atoms with Crippen molar-refractivity contribution in [3.63, 3.8) is 0 Å². The summed E-state index contributed by atoms with van der Waals surface area (Å²) in [5.74, 6) is -0.315. The molecule has 13 heavy (non-hydrogen) atoms. The molecule has 0 aliphatic carbocycles. The van der Waals surface area contributed by atoms with Crippen LogP contribution in [0.1, 0.15) is 19.8 Å². The first-order chi connectivity index (χ1) is 6.12. The second kappa shape index (κ2) is 3.24. The van der Waals surface area contributed by atoms with Crippen LogP contribution in [-0.2, 0) is 4.79 Å². The molecule has 0 bridgehead atoms. The molecule has 1 N–H and O–H groups in total. The largest absolute Gasteiger partial charge is 0.320 e. The molecule has 5 nitrogen and oxygen atoms in total. The maximum absolute atomic E-state index is 10.7.